The molecule has 2 N–H and O–H groups in total. The van der Waals surface area contributed by atoms with E-state index in [2.05, 4.69) is 43.5 Å². The molecule has 1 aromatic rings. The molecule has 1 heterocycles. The van der Waals surface area contributed by atoms with Crippen LogP contribution < -0.4 is 10.6 Å². The molecule has 1 fully saturated rings. The molecule has 1 aliphatic rings. The van der Waals surface area contributed by atoms with Gasteiger partial charge in [0.25, 0.3) is 0 Å². The minimum atomic E-state index is 0.537. The van der Waals surface area contributed by atoms with E-state index < -0.39 is 0 Å². The van der Waals surface area contributed by atoms with Crippen LogP contribution in [0.4, 0.5) is 11.8 Å². The Labute approximate surface area is 117 Å². The third-order valence-corrected chi connectivity index (χ3v) is 3.94. The summed E-state index contributed by atoms with van der Waals surface area (Å²) in [6.45, 7) is 5.20. The summed E-state index contributed by atoms with van der Waals surface area (Å²) in [6, 6.07) is 0.537. The van der Waals surface area contributed by atoms with Gasteiger partial charge in [-0.25, -0.2) is 4.98 Å². The van der Waals surface area contributed by atoms with Gasteiger partial charge >= 0.3 is 0 Å². The minimum absolute atomic E-state index is 0.537. The van der Waals surface area contributed by atoms with E-state index in [1.54, 1.807) is 6.20 Å². The number of nitrogens with one attached hydrogen (secondary N) is 2. The van der Waals surface area contributed by atoms with Crippen molar-refractivity contribution in [2.75, 3.05) is 17.2 Å². The van der Waals surface area contributed by atoms with Gasteiger partial charge in [-0.05, 0) is 41.6 Å². The Balaban J connectivity index is 2.05. The highest BCUT2D eigenvalue weighted by Gasteiger charge is 2.19. The van der Waals surface area contributed by atoms with E-state index in [0.717, 1.165) is 22.8 Å². The molecule has 0 radical (unpaired) electrons. The SMILES string of the molecule is CCNc1ncc(Br)c(NC2CCCC(C)C2)n1. The van der Waals surface area contributed by atoms with Crippen LogP contribution in [0.1, 0.15) is 39.5 Å². The monoisotopic (exact) mass is 312 g/mol. The Morgan fingerprint density at radius 2 is 2.28 bits per heavy atom. The van der Waals surface area contributed by atoms with Crippen molar-refractivity contribution in [1.29, 1.82) is 0 Å². The Morgan fingerprint density at radius 1 is 1.44 bits per heavy atom. The second kappa shape index (κ2) is 6.36. The number of hydrogen-bond donors (Lipinski definition) is 2. The fourth-order valence-corrected chi connectivity index (χ4v) is 2.78. The molecule has 0 saturated heterocycles. The van der Waals surface area contributed by atoms with Crippen LogP contribution in [0.2, 0.25) is 0 Å². The third kappa shape index (κ3) is 3.57. The fraction of sp³-hybridized carbons (Fsp3) is 0.692. The molecule has 2 rings (SSSR count). The maximum atomic E-state index is 4.50. The normalized spacial score (nSPS) is 23.7. The molecule has 0 bridgehead atoms. The molecule has 4 nitrogen and oxygen atoms in total. The van der Waals surface area contributed by atoms with Crippen LogP contribution in [-0.2, 0) is 0 Å². The fourth-order valence-electron chi connectivity index (χ4n) is 2.47. The zero-order valence-electron chi connectivity index (χ0n) is 11.0. The second-order valence-corrected chi connectivity index (χ2v) is 5.89. The molecule has 1 aromatic heterocycles. The van der Waals surface area contributed by atoms with Crippen molar-refractivity contribution >= 4 is 27.7 Å². The zero-order valence-corrected chi connectivity index (χ0v) is 12.6. The summed E-state index contributed by atoms with van der Waals surface area (Å²) in [6.07, 6.45) is 6.93. The minimum Gasteiger partial charge on any atom is -0.366 e. The average molecular weight is 313 g/mol. The lowest BCUT2D eigenvalue weighted by Gasteiger charge is -2.28. The lowest BCUT2D eigenvalue weighted by molar-refractivity contribution is 0.358. The zero-order chi connectivity index (χ0) is 13.0. The van der Waals surface area contributed by atoms with Crippen molar-refractivity contribution < 1.29 is 0 Å². The summed E-state index contributed by atoms with van der Waals surface area (Å²) < 4.78 is 0.933. The first-order chi connectivity index (χ1) is 8.69. The van der Waals surface area contributed by atoms with Gasteiger partial charge in [0.2, 0.25) is 5.95 Å². The van der Waals surface area contributed by atoms with E-state index >= 15 is 0 Å². The van der Waals surface area contributed by atoms with Gasteiger partial charge < -0.3 is 10.6 Å². The lowest BCUT2D eigenvalue weighted by atomic mass is 9.87. The first kappa shape index (κ1) is 13.6. The van der Waals surface area contributed by atoms with Gasteiger partial charge in [-0.1, -0.05) is 19.8 Å². The van der Waals surface area contributed by atoms with Gasteiger partial charge in [-0.3, -0.25) is 0 Å². The van der Waals surface area contributed by atoms with Gasteiger partial charge in [-0.15, -0.1) is 0 Å². The van der Waals surface area contributed by atoms with E-state index in [1.807, 2.05) is 6.92 Å². The predicted molar refractivity (Wildman–Crippen MR) is 78.9 cm³/mol. The molecule has 2 unspecified atom stereocenters. The van der Waals surface area contributed by atoms with Crippen LogP contribution in [-0.4, -0.2) is 22.6 Å². The highest BCUT2D eigenvalue weighted by Crippen LogP contribution is 2.28. The Bertz CT molecular complexity index is 397. The van der Waals surface area contributed by atoms with Gasteiger partial charge in [0.05, 0.1) is 4.47 Å². The van der Waals surface area contributed by atoms with Crippen LogP contribution in [0.3, 0.4) is 0 Å². The summed E-state index contributed by atoms with van der Waals surface area (Å²) in [4.78, 5) is 8.73. The number of anilines is 2. The quantitative estimate of drug-likeness (QED) is 0.890. The Kier molecular flexibility index (Phi) is 4.80. The van der Waals surface area contributed by atoms with Crippen LogP contribution in [0, 0.1) is 5.92 Å². The van der Waals surface area contributed by atoms with Crippen molar-refractivity contribution in [1.82, 2.24) is 9.97 Å². The highest BCUT2D eigenvalue weighted by molar-refractivity contribution is 9.10. The molecule has 1 saturated carbocycles. The van der Waals surface area contributed by atoms with Gasteiger partial charge in [0.15, 0.2) is 0 Å². The number of hydrogen-bond acceptors (Lipinski definition) is 4. The summed E-state index contributed by atoms with van der Waals surface area (Å²) in [5.41, 5.74) is 0. The first-order valence-electron chi connectivity index (χ1n) is 6.72. The highest BCUT2D eigenvalue weighted by atomic mass is 79.9. The second-order valence-electron chi connectivity index (χ2n) is 5.03. The number of nitrogens with zero attached hydrogens (tertiary/aromatic N) is 2. The summed E-state index contributed by atoms with van der Waals surface area (Å²) >= 11 is 3.51. The lowest BCUT2D eigenvalue weighted by Crippen LogP contribution is -2.27. The smallest absolute Gasteiger partial charge is 0.224 e. The van der Waals surface area contributed by atoms with Gasteiger partial charge in [-0.2, -0.15) is 4.98 Å². The summed E-state index contributed by atoms with van der Waals surface area (Å²) in [7, 11) is 0. The van der Waals surface area contributed by atoms with Crippen molar-refractivity contribution in [2.45, 2.75) is 45.6 Å². The molecule has 100 valence electrons. The molecule has 1 aliphatic carbocycles. The molecule has 0 aromatic carbocycles. The maximum Gasteiger partial charge on any atom is 0.224 e. The molecule has 0 spiro atoms. The van der Waals surface area contributed by atoms with Crippen LogP contribution in [0.25, 0.3) is 0 Å². The molecule has 0 aliphatic heterocycles. The van der Waals surface area contributed by atoms with Crippen LogP contribution in [0.15, 0.2) is 10.7 Å². The molecule has 0 amide bonds. The van der Waals surface area contributed by atoms with Crippen LogP contribution >= 0.6 is 15.9 Å². The summed E-state index contributed by atoms with van der Waals surface area (Å²) in [5.74, 6) is 2.40. The maximum absolute atomic E-state index is 4.50. The average Bonchev–Trinajstić information content (AvgIpc) is 2.34. The van der Waals surface area contributed by atoms with E-state index in [1.165, 1.54) is 25.7 Å². The Hall–Kier alpha value is -0.840. The van der Waals surface area contributed by atoms with Crippen molar-refractivity contribution in [3.8, 4) is 0 Å². The molecular formula is C13H21BrN4. The largest absolute Gasteiger partial charge is 0.366 e. The first-order valence-corrected chi connectivity index (χ1v) is 7.51. The topological polar surface area (TPSA) is 49.8 Å². The number of halogens is 1. The molecule has 5 heteroatoms. The molecule has 18 heavy (non-hydrogen) atoms. The van der Waals surface area contributed by atoms with Gasteiger partial charge in [0, 0.05) is 18.8 Å². The van der Waals surface area contributed by atoms with E-state index in [0.29, 0.717) is 12.0 Å². The van der Waals surface area contributed by atoms with Crippen molar-refractivity contribution in [2.24, 2.45) is 5.92 Å². The summed E-state index contributed by atoms with van der Waals surface area (Å²) in [5, 5.41) is 6.68. The standard InChI is InChI=1S/C13H21BrN4/c1-3-15-13-16-8-11(14)12(18-13)17-10-6-4-5-9(2)7-10/h8-10H,3-7H2,1-2H3,(H2,15,16,17,18). The van der Waals surface area contributed by atoms with E-state index in [9.17, 15) is 0 Å². The van der Waals surface area contributed by atoms with E-state index in [-0.39, 0.29) is 0 Å². The predicted octanol–water partition coefficient (Wildman–Crippen LogP) is 3.66. The van der Waals surface area contributed by atoms with Gasteiger partial charge in [0.1, 0.15) is 5.82 Å². The molecular weight excluding hydrogens is 292 g/mol. The number of aromatic nitrogens is 2. The van der Waals surface area contributed by atoms with Crippen LogP contribution in [0.5, 0.6) is 0 Å². The van der Waals surface area contributed by atoms with E-state index in [4.69, 9.17) is 0 Å². The number of rotatable bonds is 4. The Morgan fingerprint density at radius 3 is 3.00 bits per heavy atom. The van der Waals surface area contributed by atoms with Crippen molar-refractivity contribution in [3.05, 3.63) is 10.7 Å². The van der Waals surface area contributed by atoms with Crippen molar-refractivity contribution in [3.63, 3.8) is 0 Å². The third-order valence-electron chi connectivity index (χ3n) is 3.36. The molecule has 2 atom stereocenters.